The number of nitro benzene ring substituents is 1. The zero-order valence-electron chi connectivity index (χ0n) is 19.3. The fourth-order valence-electron chi connectivity index (χ4n) is 3.39. The summed E-state index contributed by atoms with van der Waals surface area (Å²) >= 11 is 9.40. The first-order valence-electron chi connectivity index (χ1n) is 10.9. The van der Waals surface area contributed by atoms with Crippen LogP contribution in [0.25, 0.3) is 6.08 Å². The summed E-state index contributed by atoms with van der Waals surface area (Å²) < 4.78 is 17.7. The Balaban J connectivity index is 1.62. The number of nitrogens with zero attached hydrogens (tertiary/aromatic N) is 2. The molecule has 3 aromatic rings. The number of hydrogen-bond acceptors (Lipinski definition) is 7. The fourth-order valence-corrected chi connectivity index (χ4v) is 4.15. The first-order chi connectivity index (χ1) is 17.2. The molecule has 0 radical (unpaired) electrons. The van der Waals surface area contributed by atoms with Gasteiger partial charge >= 0.3 is 5.97 Å². The lowest BCUT2D eigenvalue weighted by Crippen LogP contribution is -2.06. The molecule has 1 heterocycles. The minimum Gasteiger partial charge on any atom is -0.490 e. The lowest BCUT2D eigenvalue weighted by atomic mass is 10.1. The number of cyclic esters (lactones) is 1. The van der Waals surface area contributed by atoms with Gasteiger partial charge in [0.1, 0.15) is 11.6 Å². The number of aryl methyl sites for hydroxylation is 1. The van der Waals surface area contributed by atoms with Crippen LogP contribution in [0, 0.1) is 17.0 Å². The van der Waals surface area contributed by atoms with Crippen molar-refractivity contribution in [3.63, 3.8) is 0 Å². The Kier molecular flexibility index (Phi) is 7.71. The summed E-state index contributed by atoms with van der Waals surface area (Å²) in [6.45, 7) is 4.65. The van der Waals surface area contributed by atoms with Gasteiger partial charge in [0.15, 0.2) is 17.2 Å². The summed E-state index contributed by atoms with van der Waals surface area (Å²) in [7, 11) is 0. The number of esters is 1. The SMILES string of the molecule is CCOc1cc(/C=C2\N=C(c3ccc(Cl)c([N+](=O)[O-])c3)OC2=O)cc(Br)c1OCc1ccc(C)cc1. The van der Waals surface area contributed by atoms with Crippen LogP contribution in [0.15, 0.2) is 69.8 Å². The third-order valence-corrected chi connectivity index (χ3v) is 6.06. The Hall–Kier alpha value is -3.69. The highest BCUT2D eigenvalue weighted by molar-refractivity contribution is 9.10. The molecule has 0 bridgehead atoms. The lowest BCUT2D eigenvalue weighted by molar-refractivity contribution is -0.384. The highest BCUT2D eigenvalue weighted by Gasteiger charge is 2.26. The van der Waals surface area contributed by atoms with E-state index in [9.17, 15) is 14.9 Å². The summed E-state index contributed by atoms with van der Waals surface area (Å²) in [5.41, 5.74) is 2.78. The van der Waals surface area contributed by atoms with E-state index in [0.717, 1.165) is 11.1 Å². The van der Waals surface area contributed by atoms with E-state index in [-0.39, 0.29) is 27.9 Å². The molecule has 0 spiro atoms. The quantitative estimate of drug-likeness (QED) is 0.130. The van der Waals surface area contributed by atoms with Crippen molar-refractivity contribution in [3.05, 3.63) is 102 Å². The second kappa shape index (κ2) is 10.9. The van der Waals surface area contributed by atoms with Gasteiger partial charge < -0.3 is 14.2 Å². The van der Waals surface area contributed by atoms with Gasteiger partial charge in [-0.1, -0.05) is 41.4 Å². The molecular formula is C26H20BrClN2O6. The molecule has 0 saturated heterocycles. The van der Waals surface area contributed by atoms with Crippen molar-refractivity contribution < 1.29 is 23.9 Å². The Labute approximate surface area is 220 Å². The second-order valence-corrected chi connectivity index (χ2v) is 9.06. The molecule has 8 nitrogen and oxygen atoms in total. The molecule has 0 aliphatic carbocycles. The van der Waals surface area contributed by atoms with Gasteiger partial charge in [-0.25, -0.2) is 9.79 Å². The van der Waals surface area contributed by atoms with Crippen LogP contribution in [0.4, 0.5) is 5.69 Å². The van der Waals surface area contributed by atoms with Crippen molar-refractivity contribution in [2.24, 2.45) is 4.99 Å². The average molecular weight is 572 g/mol. The number of carbonyl (C=O) groups excluding carboxylic acids is 1. The van der Waals surface area contributed by atoms with Crippen LogP contribution in [0.3, 0.4) is 0 Å². The zero-order valence-corrected chi connectivity index (χ0v) is 21.6. The van der Waals surface area contributed by atoms with Crippen LogP contribution in [0.2, 0.25) is 5.02 Å². The molecule has 3 aromatic carbocycles. The summed E-state index contributed by atoms with van der Waals surface area (Å²) in [6, 6.07) is 15.6. The molecule has 1 aliphatic rings. The molecule has 0 N–H and O–H groups in total. The van der Waals surface area contributed by atoms with E-state index in [1.807, 2.05) is 38.1 Å². The summed E-state index contributed by atoms with van der Waals surface area (Å²) in [6.07, 6.45) is 1.54. The third kappa shape index (κ3) is 5.75. The topological polar surface area (TPSA) is 100 Å². The van der Waals surface area contributed by atoms with Crippen molar-refractivity contribution in [1.29, 1.82) is 0 Å². The number of hydrogen-bond donors (Lipinski definition) is 0. The Morgan fingerprint density at radius 2 is 1.89 bits per heavy atom. The first kappa shape index (κ1) is 25.4. The van der Waals surface area contributed by atoms with E-state index in [2.05, 4.69) is 20.9 Å². The van der Waals surface area contributed by atoms with Gasteiger partial charge in [-0.15, -0.1) is 0 Å². The minimum absolute atomic E-state index is 0.0255. The van der Waals surface area contributed by atoms with Crippen LogP contribution in [0.1, 0.15) is 29.2 Å². The summed E-state index contributed by atoms with van der Waals surface area (Å²) in [5, 5.41) is 11.2. The maximum absolute atomic E-state index is 12.5. The third-order valence-electron chi connectivity index (χ3n) is 5.15. The number of carbonyl (C=O) groups is 1. The van der Waals surface area contributed by atoms with E-state index >= 15 is 0 Å². The predicted octanol–water partition coefficient (Wildman–Crippen LogP) is 6.64. The Morgan fingerprint density at radius 3 is 2.58 bits per heavy atom. The van der Waals surface area contributed by atoms with E-state index in [4.69, 9.17) is 25.8 Å². The van der Waals surface area contributed by atoms with Gasteiger partial charge in [0.05, 0.1) is 16.0 Å². The largest absolute Gasteiger partial charge is 0.490 e. The molecule has 10 heteroatoms. The van der Waals surface area contributed by atoms with Crippen LogP contribution in [-0.4, -0.2) is 23.4 Å². The second-order valence-electron chi connectivity index (χ2n) is 7.80. The normalized spacial score (nSPS) is 13.9. The number of nitro groups is 1. The Morgan fingerprint density at radius 1 is 1.14 bits per heavy atom. The zero-order chi connectivity index (χ0) is 25.8. The maximum Gasteiger partial charge on any atom is 0.363 e. The highest BCUT2D eigenvalue weighted by atomic mass is 79.9. The molecule has 0 fully saturated rings. The molecule has 0 atom stereocenters. The molecule has 1 aliphatic heterocycles. The minimum atomic E-state index is -0.684. The number of aliphatic imine (C=N–C) groups is 1. The van der Waals surface area contributed by atoms with Crippen LogP contribution >= 0.6 is 27.5 Å². The van der Waals surface area contributed by atoms with Gasteiger partial charge in [0.25, 0.3) is 5.69 Å². The smallest absolute Gasteiger partial charge is 0.363 e. The molecule has 184 valence electrons. The van der Waals surface area contributed by atoms with Crippen molar-refractivity contribution >= 4 is 51.2 Å². The number of benzene rings is 3. The summed E-state index contributed by atoms with van der Waals surface area (Å²) in [4.78, 5) is 27.3. The number of rotatable bonds is 8. The average Bonchev–Trinajstić information content (AvgIpc) is 3.20. The molecule has 36 heavy (non-hydrogen) atoms. The van der Waals surface area contributed by atoms with Crippen molar-refractivity contribution in [2.75, 3.05) is 6.61 Å². The molecule has 0 amide bonds. The molecule has 0 saturated carbocycles. The van der Waals surface area contributed by atoms with Crippen LogP contribution in [0.5, 0.6) is 11.5 Å². The van der Waals surface area contributed by atoms with Gasteiger partial charge in [-0.3, -0.25) is 10.1 Å². The van der Waals surface area contributed by atoms with Crippen molar-refractivity contribution in [2.45, 2.75) is 20.5 Å². The highest BCUT2D eigenvalue weighted by Crippen LogP contribution is 2.38. The summed E-state index contributed by atoms with van der Waals surface area (Å²) in [5.74, 6) is 0.297. The van der Waals surface area contributed by atoms with Gasteiger partial charge in [0, 0.05) is 11.6 Å². The number of halogens is 2. The lowest BCUT2D eigenvalue weighted by Gasteiger charge is -2.15. The van der Waals surface area contributed by atoms with Gasteiger partial charge in [-0.2, -0.15) is 0 Å². The fraction of sp³-hybridized carbons (Fsp3) is 0.154. The monoisotopic (exact) mass is 570 g/mol. The van der Waals surface area contributed by atoms with E-state index in [1.54, 1.807) is 12.1 Å². The number of ether oxygens (including phenoxy) is 3. The predicted molar refractivity (Wildman–Crippen MR) is 140 cm³/mol. The van der Waals surface area contributed by atoms with Crippen LogP contribution < -0.4 is 9.47 Å². The maximum atomic E-state index is 12.5. The molecule has 0 unspecified atom stereocenters. The molecule has 0 aromatic heterocycles. The van der Waals surface area contributed by atoms with Gasteiger partial charge in [0.2, 0.25) is 5.90 Å². The van der Waals surface area contributed by atoms with E-state index in [0.29, 0.717) is 34.7 Å². The van der Waals surface area contributed by atoms with Crippen molar-refractivity contribution in [3.8, 4) is 11.5 Å². The molecule has 4 rings (SSSR count). The first-order valence-corrected chi connectivity index (χ1v) is 12.0. The van der Waals surface area contributed by atoms with E-state index in [1.165, 1.54) is 24.3 Å². The van der Waals surface area contributed by atoms with Crippen LogP contribution in [-0.2, 0) is 16.1 Å². The molecular weight excluding hydrogens is 552 g/mol. The Bertz CT molecular complexity index is 1400. The van der Waals surface area contributed by atoms with E-state index < -0.39 is 10.9 Å². The van der Waals surface area contributed by atoms with Crippen molar-refractivity contribution in [1.82, 2.24) is 0 Å². The van der Waals surface area contributed by atoms with Gasteiger partial charge in [-0.05, 0) is 71.2 Å². The standard InChI is InChI=1S/C26H20BrClN2O6/c1-3-34-23-12-17(10-19(27)24(23)35-14-16-6-4-15(2)5-7-16)11-21-26(31)36-25(29-21)18-8-9-20(28)22(13-18)30(32)33/h4-13H,3,14H2,1-2H3/b21-11-.